The zero-order valence-corrected chi connectivity index (χ0v) is 13.6. The first-order chi connectivity index (χ1) is 9.70. The Morgan fingerprint density at radius 1 is 0.773 bits per heavy atom. The Balaban J connectivity index is -0.0000000555. The van der Waals surface area contributed by atoms with E-state index in [1.54, 1.807) is 0 Å². The highest BCUT2D eigenvalue weighted by molar-refractivity contribution is 5.63. The summed E-state index contributed by atoms with van der Waals surface area (Å²) in [4.78, 5) is 36.0. The summed E-state index contributed by atoms with van der Waals surface area (Å²) in [6, 6.07) is 0.273. The summed E-state index contributed by atoms with van der Waals surface area (Å²) in [6.45, 7) is 6.99. The number of carboxylic acid groups (broad SMARTS) is 4. The third-order valence-corrected chi connectivity index (χ3v) is 0.622. The average molecular weight is 328 g/mol. The van der Waals surface area contributed by atoms with Crippen LogP contribution >= 0.6 is 0 Å². The van der Waals surface area contributed by atoms with Gasteiger partial charge in [-0.2, -0.15) is 0 Å². The van der Waals surface area contributed by atoms with E-state index in [0.29, 0.717) is 6.54 Å². The Labute approximate surface area is 129 Å². The molecule has 0 heterocycles. The summed E-state index contributed by atoms with van der Waals surface area (Å²) >= 11 is 0. The van der Waals surface area contributed by atoms with Crippen molar-refractivity contribution in [1.29, 1.82) is 0 Å². The zero-order chi connectivity index (χ0) is 19.3. The van der Waals surface area contributed by atoms with Gasteiger partial charge in [0, 0.05) is 33.7 Å². The summed E-state index contributed by atoms with van der Waals surface area (Å²) in [5, 5.41) is 29.7. The molecular formula is C12H28N2O8. The summed E-state index contributed by atoms with van der Waals surface area (Å²) in [7, 11) is 0. The summed E-state index contributed by atoms with van der Waals surface area (Å²) in [6.07, 6.45) is 0.931. The Hall–Kier alpha value is -2.20. The molecule has 10 heteroatoms. The highest BCUT2D eigenvalue weighted by Crippen LogP contribution is 1.77. The lowest BCUT2D eigenvalue weighted by molar-refractivity contribution is -0.135. The van der Waals surface area contributed by atoms with Gasteiger partial charge in [-0.05, 0) is 19.9 Å². The summed E-state index contributed by atoms with van der Waals surface area (Å²) < 4.78 is 0. The Morgan fingerprint density at radius 2 is 0.909 bits per heavy atom. The van der Waals surface area contributed by atoms with Crippen LogP contribution in [0.15, 0.2) is 0 Å². The SMILES string of the molecule is CC(=O)O.CC(=O)O.CC(=O)O.CC(=O)O.CC(N)CCN. The first kappa shape index (κ1) is 31.9. The minimum atomic E-state index is -0.833. The van der Waals surface area contributed by atoms with Gasteiger partial charge in [-0.3, -0.25) is 19.2 Å². The van der Waals surface area contributed by atoms with E-state index in [2.05, 4.69) is 0 Å². The molecule has 0 amide bonds. The molecule has 0 aliphatic carbocycles. The minimum absolute atomic E-state index is 0.273. The van der Waals surface area contributed by atoms with E-state index in [-0.39, 0.29) is 6.04 Å². The Morgan fingerprint density at radius 3 is 0.909 bits per heavy atom. The number of carboxylic acids is 4. The van der Waals surface area contributed by atoms with Crippen LogP contribution in [0.5, 0.6) is 0 Å². The minimum Gasteiger partial charge on any atom is -0.481 e. The van der Waals surface area contributed by atoms with Crippen molar-refractivity contribution in [2.75, 3.05) is 6.54 Å². The highest BCUT2D eigenvalue weighted by Gasteiger charge is 1.85. The number of nitrogens with two attached hydrogens (primary N) is 2. The van der Waals surface area contributed by atoms with Gasteiger partial charge in [-0.25, -0.2) is 0 Å². The molecule has 0 saturated heterocycles. The van der Waals surface area contributed by atoms with Gasteiger partial charge < -0.3 is 31.9 Å². The van der Waals surface area contributed by atoms with Crippen molar-refractivity contribution in [2.45, 2.75) is 47.1 Å². The van der Waals surface area contributed by atoms with Gasteiger partial charge in [0.1, 0.15) is 0 Å². The maximum Gasteiger partial charge on any atom is 0.300 e. The Kier molecular flexibility index (Phi) is 39.5. The molecular weight excluding hydrogens is 300 g/mol. The van der Waals surface area contributed by atoms with Crippen molar-refractivity contribution in [1.82, 2.24) is 0 Å². The number of hydrogen-bond donors (Lipinski definition) is 6. The van der Waals surface area contributed by atoms with Gasteiger partial charge in [0.05, 0.1) is 0 Å². The van der Waals surface area contributed by atoms with Crippen LogP contribution in [0.4, 0.5) is 0 Å². The molecule has 0 aromatic heterocycles. The van der Waals surface area contributed by atoms with E-state index in [1.165, 1.54) is 0 Å². The molecule has 0 radical (unpaired) electrons. The number of hydrogen-bond acceptors (Lipinski definition) is 6. The van der Waals surface area contributed by atoms with Crippen molar-refractivity contribution in [3.8, 4) is 0 Å². The number of rotatable bonds is 2. The van der Waals surface area contributed by atoms with Crippen LogP contribution in [0.3, 0.4) is 0 Å². The molecule has 0 aromatic carbocycles. The molecule has 8 N–H and O–H groups in total. The predicted molar refractivity (Wildman–Crippen MR) is 80.6 cm³/mol. The van der Waals surface area contributed by atoms with Gasteiger partial charge in [-0.15, -0.1) is 0 Å². The third-order valence-electron chi connectivity index (χ3n) is 0.622. The van der Waals surface area contributed by atoms with E-state index in [4.69, 9.17) is 51.1 Å². The molecule has 0 fully saturated rings. The quantitative estimate of drug-likeness (QED) is 0.402. The smallest absolute Gasteiger partial charge is 0.300 e. The Bertz CT molecular complexity index is 229. The molecule has 22 heavy (non-hydrogen) atoms. The van der Waals surface area contributed by atoms with E-state index >= 15 is 0 Å². The predicted octanol–water partition coefficient (Wildman–Crippen LogP) is 0.0460. The average Bonchev–Trinajstić information content (AvgIpc) is 2.12. The van der Waals surface area contributed by atoms with Crippen LogP contribution in [0.1, 0.15) is 41.0 Å². The molecule has 1 atom stereocenters. The molecule has 0 aliphatic heterocycles. The lowest BCUT2D eigenvalue weighted by Crippen LogP contribution is -2.18. The number of aliphatic carboxylic acids is 4. The third kappa shape index (κ3) is 7850. The largest absolute Gasteiger partial charge is 0.481 e. The van der Waals surface area contributed by atoms with Crippen molar-refractivity contribution in [3.05, 3.63) is 0 Å². The van der Waals surface area contributed by atoms with Crippen molar-refractivity contribution < 1.29 is 39.6 Å². The maximum atomic E-state index is 9.00. The normalized spacial score (nSPS) is 8.50. The van der Waals surface area contributed by atoms with Gasteiger partial charge in [0.15, 0.2) is 0 Å². The molecule has 0 aliphatic rings. The van der Waals surface area contributed by atoms with Gasteiger partial charge in [-0.1, -0.05) is 0 Å². The molecule has 10 nitrogen and oxygen atoms in total. The monoisotopic (exact) mass is 328 g/mol. The molecule has 134 valence electrons. The lowest BCUT2D eigenvalue weighted by Gasteiger charge is -1.96. The second kappa shape index (κ2) is 27.2. The van der Waals surface area contributed by atoms with Crippen LogP contribution in [0.25, 0.3) is 0 Å². The fourth-order valence-electron chi connectivity index (χ4n) is 0.263. The first-order valence-corrected chi connectivity index (χ1v) is 5.94. The van der Waals surface area contributed by atoms with Crippen LogP contribution in [0, 0.1) is 0 Å². The topological polar surface area (TPSA) is 201 Å². The molecule has 0 bridgehead atoms. The van der Waals surface area contributed by atoms with Crippen molar-refractivity contribution >= 4 is 23.9 Å². The lowest BCUT2D eigenvalue weighted by atomic mass is 10.3. The number of carbonyl (C=O) groups is 4. The van der Waals surface area contributed by atoms with Crippen LogP contribution in [-0.2, 0) is 19.2 Å². The van der Waals surface area contributed by atoms with Crippen LogP contribution < -0.4 is 11.5 Å². The van der Waals surface area contributed by atoms with E-state index in [0.717, 1.165) is 34.1 Å². The fourth-order valence-corrected chi connectivity index (χ4v) is 0.263. The summed E-state index contributed by atoms with van der Waals surface area (Å²) in [5.74, 6) is -3.33. The van der Waals surface area contributed by atoms with Gasteiger partial charge >= 0.3 is 0 Å². The van der Waals surface area contributed by atoms with E-state index in [9.17, 15) is 0 Å². The van der Waals surface area contributed by atoms with Gasteiger partial charge in [0.2, 0.25) is 0 Å². The van der Waals surface area contributed by atoms with Crippen molar-refractivity contribution in [2.24, 2.45) is 11.5 Å². The molecule has 0 saturated carbocycles. The zero-order valence-electron chi connectivity index (χ0n) is 13.6. The fraction of sp³-hybridized carbons (Fsp3) is 0.667. The van der Waals surface area contributed by atoms with E-state index < -0.39 is 23.9 Å². The first-order valence-electron chi connectivity index (χ1n) is 5.94. The van der Waals surface area contributed by atoms with E-state index in [1.807, 2.05) is 6.92 Å². The second-order valence-electron chi connectivity index (χ2n) is 3.63. The molecule has 0 aromatic rings. The molecule has 1 unspecified atom stereocenters. The van der Waals surface area contributed by atoms with Gasteiger partial charge in [0.25, 0.3) is 23.9 Å². The highest BCUT2D eigenvalue weighted by atomic mass is 16.4. The van der Waals surface area contributed by atoms with Crippen LogP contribution in [0.2, 0.25) is 0 Å². The molecule has 0 rings (SSSR count). The van der Waals surface area contributed by atoms with Crippen LogP contribution in [-0.4, -0.2) is 56.9 Å². The van der Waals surface area contributed by atoms with Crippen molar-refractivity contribution in [3.63, 3.8) is 0 Å². The standard InChI is InChI=1S/C4H12N2.4C2H4O2/c1-4(6)2-3-5;4*1-2(3)4/h4H,2-3,5-6H2,1H3;4*1H3,(H,3,4). The second-order valence-corrected chi connectivity index (χ2v) is 3.63. The maximum absolute atomic E-state index is 9.00. The summed E-state index contributed by atoms with van der Waals surface area (Å²) in [5.41, 5.74) is 10.5. The molecule has 0 spiro atoms.